The lowest BCUT2D eigenvalue weighted by molar-refractivity contribution is -0.387. The number of aromatic amines is 1. The molecule has 15 heavy (non-hydrogen) atoms. The smallest absolute Gasteiger partial charge is 0.349 e. The molecule has 0 amide bonds. The van der Waals surface area contributed by atoms with Crippen molar-refractivity contribution in [2.24, 2.45) is 0 Å². The summed E-state index contributed by atoms with van der Waals surface area (Å²) in [7, 11) is 0. The van der Waals surface area contributed by atoms with E-state index in [-0.39, 0.29) is 23.9 Å². The van der Waals surface area contributed by atoms with Crippen molar-refractivity contribution in [1.29, 1.82) is 0 Å². The quantitative estimate of drug-likeness (QED) is 0.588. The second-order valence-electron chi connectivity index (χ2n) is 2.93. The summed E-state index contributed by atoms with van der Waals surface area (Å²) in [6, 6.07) is 0. The lowest BCUT2D eigenvalue weighted by Gasteiger charge is -2.04. The molecule has 0 spiro atoms. The minimum Gasteiger partial charge on any atom is -0.473 e. The Kier molecular flexibility index (Phi) is 3.37. The maximum absolute atomic E-state index is 11.0. The van der Waals surface area contributed by atoms with Crippen molar-refractivity contribution in [3.05, 3.63) is 26.3 Å². The summed E-state index contributed by atoms with van der Waals surface area (Å²) >= 11 is 0. The maximum atomic E-state index is 11.0. The van der Waals surface area contributed by atoms with Crippen LogP contribution in [0.4, 0.5) is 5.69 Å². The van der Waals surface area contributed by atoms with Crippen LogP contribution in [0.3, 0.4) is 0 Å². The van der Waals surface area contributed by atoms with Gasteiger partial charge in [0.05, 0.1) is 11.5 Å². The minimum absolute atomic E-state index is 0.145. The van der Waals surface area contributed by atoms with E-state index in [1.807, 2.05) is 6.92 Å². The minimum atomic E-state index is -0.649. The summed E-state index contributed by atoms with van der Waals surface area (Å²) in [5.41, 5.74) is -0.793. The van der Waals surface area contributed by atoms with Crippen molar-refractivity contribution in [3.63, 3.8) is 0 Å². The van der Waals surface area contributed by atoms with E-state index in [0.29, 0.717) is 6.42 Å². The second kappa shape index (κ2) is 4.54. The summed E-state index contributed by atoms with van der Waals surface area (Å²) in [6.45, 7) is 3.57. The number of ether oxygens (including phenoxy) is 1. The van der Waals surface area contributed by atoms with Gasteiger partial charge in [-0.25, -0.2) is 4.79 Å². The molecule has 0 saturated carbocycles. The number of rotatable bonds is 4. The Bertz CT molecular complexity index is 426. The van der Waals surface area contributed by atoms with E-state index < -0.39 is 10.6 Å². The van der Waals surface area contributed by atoms with Gasteiger partial charge in [-0.05, 0) is 13.3 Å². The number of hydrogen-bond donors (Lipinski definition) is 1. The molecule has 0 aliphatic carbocycles. The third kappa shape index (κ3) is 2.52. The van der Waals surface area contributed by atoms with Crippen LogP contribution in [0, 0.1) is 17.0 Å². The standard InChI is InChI=1S/C8H11N3O4/c1-3-4-15-7-6(11(13)14)5(2)9-8(12)10-7/h3-4H2,1-2H3,(H,9,10,12). The Hall–Kier alpha value is -1.92. The monoisotopic (exact) mass is 213 g/mol. The molecule has 0 aliphatic rings. The van der Waals surface area contributed by atoms with E-state index in [1.165, 1.54) is 6.92 Å². The molecule has 0 saturated heterocycles. The molecule has 1 rings (SSSR count). The summed E-state index contributed by atoms with van der Waals surface area (Å²) in [6.07, 6.45) is 0.685. The van der Waals surface area contributed by atoms with E-state index in [0.717, 1.165) is 0 Å². The van der Waals surface area contributed by atoms with Gasteiger partial charge in [0.1, 0.15) is 5.69 Å². The van der Waals surface area contributed by atoms with Crippen LogP contribution in [-0.4, -0.2) is 21.5 Å². The molecule has 0 atom stereocenters. The number of aryl methyl sites for hydroxylation is 1. The number of H-pyrrole nitrogens is 1. The van der Waals surface area contributed by atoms with Gasteiger partial charge in [0.25, 0.3) is 0 Å². The van der Waals surface area contributed by atoms with E-state index in [9.17, 15) is 14.9 Å². The molecule has 1 N–H and O–H groups in total. The topological polar surface area (TPSA) is 98.1 Å². The molecule has 1 heterocycles. The fourth-order valence-corrected chi connectivity index (χ4v) is 1.07. The predicted octanol–water partition coefficient (Wildman–Crippen LogP) is 0.775. The van der Waals surface area contributed by atoms with Gasteiger partial charge in [-0.3, -0.25) is 10.1 Å². The van der Waals surface area contributed by atoms with Crippen molar-refractivity contribution in [2.45, 2.75) is 20.3 Å². The maximum Gasteiger partial charge on any atom is 0.349 e. The lowest BCUT2D eigenvalue weighted by Crippen LogP contribution is -2.16. The fourth-order valence-electron chi connectivity index (χ4n) is 1.07. The van der Waals surface area contributed by atoms with Gasteiger partial charge in [-0.1, -0.05) is 6.92 Å². The first-order valence-corrected chi connectivity index (χ1v) is 4.44. The van der Waals surface area contributed by atoms with Crippen molar-refractivity contribution in [3.8, 4) is 5.88 Å². The first-order chi connectivity index (χ1) is 7.06. The average molecular weight is 213 g/mol. The highest BCUT2D eigenvalue weighted by Gasteiger charge is 2.21. The number of nitrogens with zero attached hydrogens (tertiary/aromatic N) is 2. The molecule has 82 valence electrons. The molecule has 0 radical (unpaired) electrons. The van der Waals surface area contributed by atoms with Crippen LogP contribution < -0.4 is 10.4 Å². The molecular weight excluding hydrogens is 202 g/mol. The number of hydrogen-bond acceptors (Lipinski definition) is 5. The molecule has 1 aromatic rings. The van der Waals surface area contributed by atoms with E-state index in [4.69, 9.17) is 4.74 Å². The van der Waals surface area contributed by atoms with Crippen LogP contribution in [-0.2, 0) is 0 Å². The van der Waals surface area contributed by atoms with E-state index in [2.05, 4.69) is 9.97 Å². The summed E-state index contributed by atoms with van der Waals surface area (Å²) in [5.74, 6) is -0.219. The molecule has 0 unspecified atom stereocenters. The average Bonchev–Trinajstić information content (AvgIpc) is 2.12. The van der Waals surface area contributed by atoms with Crippen LogP contribution in [0.2, 0.25) is 0 Å². The van der Waals surface area contributed by atoms with Gasteiger partial charge in [0, 0.05) is 0 Å². The van der Waals surface area contributed by atoms with Gasteiger partial charge < -0.3 is 9.72 Å². The van der Waals surface area contributed by atoms with Gasteiger partial charge in [-0.15, -0.1) is 0 Å². The van der Waals surface area contributed by atoms with Crippen molar-refractivity contribution < 1.29 is 9.66 Å². The van der Waals surface area contributed by atoms with Gasteiger partial charge in [0.15, 0.2) is 0 Å². The van der Waals surface area contributed by atoms with Crippen LogP contribution in [0.1, 0.15) is 19.0 Å². The Morgan fingerprint density at radius 1 is 1.60 bits per heavy atom. The van der Waals surface area contributed by atoms with Crippen molar-refractivity contribution in [1.82, 2.24) is 9.97 Å². The van der Waals surface area contributed by atoms with Gasteiger partial charge >= 0.3 is 17.3 Å². The molecule has 7 nitrogen and oxygen atoms in total. The number of nitro groups is 1. The summed E-state index contributed by atoms with van der Waals surface area (Å²) in [4.78, 5) is 26.7. The Balaban J connectivity index is 3.21. The van der Waals surface area contributed by atoms with E-state index in [1.54, 1.807) is 0 Å². The number of nitrogens with one attached hydrogen (secondary N) is 1. The molecule has 0 bridgehead atoms. The summed E-state index contributed by atoms with van der Waals surface area (Å²) in [5, 5.41) is 10.7. The number of aromatic nitrogens is 2. The molecule has 0 aliphatic heterocycles. The molecule has 0 aromatic carbocycles. The largest absolute Gasteiger partial charge is 0.473 e. The third-order valence-corrected chi connectivity index (χ3v) is 1.68. The molecule has 1 aromatic heterocycles. The predicted molar refractivity (Wildman–Crippen MR) is 52.0 cm³/mol. The fraction of sp³-hybridized carbons (Fsp3) is 0.500. The Morgan fingerprint density at radius 2 is 2.27 bits per heavy atom. The van der Waals surface area contributed by atoms with Gasteiger partial charge in [0.2, 0.25) is 0 Å². The molecular formula is C8H11N3O4. The lowest BCUT2D eigenvalue weighted by atomic mass is 10.3. The SMILES string of the molecule is CCCOc1nc(=O)[nH]c(C)c1[N+](=O)[O-]. The Morgan fingerprint density at radius 3 is 2.80 bits per heavy atom. The zero-order chi connectivity index (χ0) is 11.4. The zero-order valence-corrected chi connectivity index (χ0v) is 8.44. The highest BCUT2D eigenvalue weighted by Crippen LogP contribution is 2.24. The van der Waals surface area contributed by atoms with Crippen LogP contribution in [0.15, 0.2) is 4.79 Å². The first kappa shape index (κ1) is 11.2. The highest BCUT2D eigenvalue weighted by molar-refractivity contribution is 5.43. The Labute approximate surface area is 85.3 Å². The van der Waals surface area contributed by atoms with Crippen LogP contribution in [0.5, 0.6) is 5.88 Å². The normalized spacial score (nSPS) is 10.0. The van der Waals surface area contributed by atoms with Gasteiger partial charge in [-0.2, -0.15) is 4.98 Å². The van der Waals surface area contributed by atoms with Crippen molar-refractivity contribution in [2.75, 3.05) is 6.61 Å². The van der Waals surface area contributed by atoms with E-state index >= 15 is 0 Å². The first-order valence-electron chi connectivity index (χ1n) is 4.44. The summed E-state index contributed by atoms with van der Waals surface area (Å²) < 4.78 is 5.04. The van der Waals surface area contributed by atoms with Crippen LogP contribution >= 0.6 is 0 Å². The van der Waals surface area contributed by atoms with Crippen molar-refractivity contribution >= 4 is 5.69 Å². The zero-order valence-electron chi connectivity index (χ0n) is 8.44. The molecule has 7 heteroatoms. The second-order valence-corrected chi connectivity index (χ2v) is 2.93. The van der Waals surface area contributed by atoms with Crippen LogP contribution in [0.25, 0.3) is 0 Å². The molecule has 0 fully saturated rings. The third-order valence-electron chi connectivity index (χ3n) is 1.68. The highest BCUT2D eigenvalue weighted by atomic mass is 16.6.